The van der Waals surface area contributed by atoms with Crippen molar-refractivity contribution in [2.45, 2.75) is 102 Å². The van der Waals surface area contributed by atoms with Gasteiger partial charge in [-0.15, -0.1) is 12.6 Å². The molecule has 0 N–H and O–H groups in total. The first-order chi connectivity index (χ1) is 14.9. The predicted molar refractivity (Wildman–Crippen MR) is 153 cm³/mol. The highest BCUT2D eigenvalue weighted by atomic mass is 32.1. The monoisotopic (exact) mass is 464 g/mol. The zero-order valence-electron chi connectivity index (χ0n) is 23.6. The number of rotatable bonds is 7. The largest absolute Gasteiger partial charge is 0.180 e. The third-order valence-electron chi connectivity index (χ3n) is 7.46. The van der Waals surface area contributed by atoms with Gasteiger partial charge in [-0.25, -0.2) is 0 Å². The zero-order valence-corrected chi connectivity index (χ0v) is 24.5. The molecule has 0 aliphatic heterocycles. The minimum absolute atomic E-state index is 0.106. The Morgan fingerprint density at radius 1 is 0.788 bits per heavy atom. The number of hydrogen-bond donors (Lipinski definition) is 1. The van der Waals surface area contributed by atoms with Crippen LogP contribution in [0.5, 0.6) is 0 Å². The molecule has 0 aromatic heterocycles. The SMILES string of the molecule is CB(C)C1=C=C=C(C(C(C)(C)C)C(C)(C)CC(C)(C)C(C2=CC=C(S)CC2)C(C)(C)C)C=C1. The summed E-state index contributed by atoms with van der Waals surface area (Å²) in [5, 5.41) is 0. The second kappa shape index (κ2) is 9.89. The van der Waals surface area contributed by atoms with E-state index in [9.17, 15) is 0 Å². The Labute approximate surface area is 212 Å². The van der Waals surface area contributed by atoms with Gasteiger partial charge in [0.05, 0.1) is 0 Å². The Balaban J connectivity index is 2.52. The topological polar surface area (TPSA) is 0 Å². The summed E-state index contributed by atoms with van der Waals surface area (Å²) in [6.07, 6.45) is 12.5. The van der Waals surface area contributed by atoms with E-state index in [0.29, 0.717) is 18.5 Å². The van der Waals surface area contributed by atoms with Gasteiger partial charge in [0.15, 0.2) is 6.71 Å². The lowest BCUT2D eigenvalue weighted by Gasteiger charge is -2.52. The highest BCUT2D eigenvalue weighted by molar-refractivity contribution is 7.84. The normalized spacial score (nSPS) is 19.4. The van der Waals surface area contributed by atoms with Crippen molar-refractivity contribution in [2.24, 2.45) is 33.5 Å². The van der Waals surface area contributed by atoms with Gasteiger partial charge in [-0.1, -0.05) is 124 Å². The van der Waals surface area contributed by atoms with Crippen LogP contribution in [0.4, 0.5) is 0 Å². The van der Waals surface area contributed by atoms with Crippen LogP contribution < -0.4 is 0 Å². The average molecular weight is 465 g/mol. The Morgan fingerprint density at radius 2 is 1.33 bits per heavy atom. The lowest BCUT2D eigenvalue weighted by molar-refractivity contribution is 0.0211. The first-order valence-electron chi connectivity index (χ1n) is 12.9. The van der Waals surface area contributed by atoms with Crippen molar-refractivity contribution in [3.8, 4) is 0 Å². The summed E-state index contributed by atoms with van der Waals surface area (Å²) in [5.74, 6) is 0.910. The van der Waals surface area contributed by atoms with Crippen LogP contribution in [0.15, 0.2) is 57.3 Å². The van der Waals surface area contributed by atoms with Crippen molar-refractivity contribution in [3.63, 3.8) is 0 Å². The van der Waals surface area contributed by atoms with Gasteiger partial charge >= 0.3 is 0 Å². The van der Waals surface area contributed by atoms with Gasteiger partial charge in [-0.05, 0) is 57.2 Å². The standard InChI is InChI=1S/C31H49BS/c1-28(2,3)26(22-13-17-24(18-14-22)32(11)12)30(7,8)21-31(9,10)27(29(4,5)6)23-15-19-25(33)20-16-23/h13,15,17,19,26-27,33H,16,20-21H2,1-12H3. The fourth-order valence-electron chi connectivity index (χ4n) is 7.46. The summed E-state index contributed by atoms with van der Waals surface area (Å²) >= 11 is 4.61. The maximum Gasteiger partial charge on any atom is 0.180 e. The molecule has 0 heterocycles. The van der Waals surface area contributed by atoms with E-state index >= 15 is 0 Å². The van der Waals surface area contributed by atoms with E-state index in [0.717, 1.165) is 19.3 Å². The molecule has 2 aliphatic carbocycles. The van der Waals surface area contributed by atoms with Crippen LogP contribution in [0.25, 0.3) is 0 Å². The molecule has 2 heteroatoms. The summed E-state index contributed by atoms with van der Waals surface area (Å²) < 4.78 is 0. The molecule has 2 rings (SSSR count). The molecule has 0 bridgehead atoms. The average Bonchev–Trinajstić information content (AvgIpc) is 2.60. The Hall–Kier alpha value is -1.07. The van der Waals surface area contributed by atoms with Gasteiger partial charge in [0.2, 0.25) is 0 Å². The fourth-order valence-corrected chi connectivity index (χ4v) is 7.65. The minimum Gasteiger partial charge on any atom is -0.148 e. The van der Waals surface area contributed by atoms with Gasteiger partial charge in [0, 0.05) is 11.5 Å². The third-order valence-corrected chi connectivity index (χ3v) is 7.84. The molecular formula is C31H49BS. The zero-order chi connectivity index (χ0) is 25.4. The van der Waals surface area contributed by atoms with Gasteiger partial charge in [0.1, 0.15) is 0 Å². The van der Waals surface area contributed by atoms with Crippen molar-refractivity contribution in [3.05, 3.63) is 57.3 Å². The Morgan fingerprint density at radius 3 is 1.73 bits per heavy atom. The van der Waals surface area contributed by atoms with E-state index in [1.807, 2.05) is 0 Å². The molecule has 0 spiro atoms. The summed E-state index contributed by atoms with van der Waals surface area (Å²) in [7, 11) is 0. The molecule has 182 valence electrons. The first-order valence-corrected chi connectivity index (χ1v) is 13.3. The van der Waals surface area contributed by atoms with E-state index in [2.05, 4.69) is 131 Å². The molecule has 0 saturated heterocycles. The molecule has 0 fully saturated rings. The van der Waals surface area contributed by atoms with Crippen LogP contribution in [0, 0.1) is 33.5 Å². The molecule has 0 nitrogen and oxygen atoms in total. The van der Waals surface area contributed by atoms with Crippen LogP contribution in [0.2, 0.25) is 13.6 Å². The van der Waals surface area contributed by atoms with Gasteiger partial charge in [0.25, 0.3) is 0 Å². The van der Waals surface area contributed by atoms with E-state index in [1.54, 1.807) is 5.57 Å². The molecule has 2 atom stereocenters. The summed E-state index contributed by atoms with van der Waals surface area (Å²) in [5.41, 5.74) is 11.8. The van der Waals surface area contributed by atoms with E-state index in [-0.39, 0.29) is 21.7 Å². The maximum absolute atomic E-state index is 4.61. The van der Waals surface area contributed by atoms with Crippen LogP contribution in [-0.4, -0.2) is 6.71 Å². The lowest BCUT2D eigenvalue weighted by Crippen LogP contribution is -2.44. The molecule has 0 amide bonds. The van der Waals surface area contributed by atoms with Crippen molar-refractivity contribution in [1.82, 2.24) is 0 Å². The number of hydrogen-bond acceptors (Lipinski definition) is 1. The van der Waals surface area contributed by atoms with Gasteiger partial charge in [-0.2, -0.15) is 0 Å². The highest BCUT2D eigenvalue weighted by Gasteiger charge is 2.47. The quantitative estimate of drug-likeness (QED) is 0.216. The molecule has 0 saturated carbocycles. The second-order valence-electron chi connectivity index (χ2n) is 14.3. The van der Waals surface area contributed by atoms with Crippen molar-refractivity contribution >= 4 is 19.3 Å². The fraction of sp³-hybridized carbons (Fsp3) is 0.677. The summed E-state index contributed by atoms with van der Waals surface area (Å²) in [4.78, 5) is 1.20. The van der Waals surface area contributed by atoms with Crippen molar-refractivity contribution in [2.75, 3.05) is 0 Å². The highest BCUT2D eigenvalue weighted by Crippen LogP contribution is 2.56. The second-order valence-corrected chi connectivity index (χ2v) is 14.9. The lowest BCUT2D eigenvalue weighted by atomic mass is 9.48. The molecule has 0 aromatic carbocycles. The molecule has 0 radical (unpaired) electrons. The number of allylic oxidation sites excluding steroid dienone is 8. The Bertz CT molecular complexity index is 924. The minimum atomic E-state index is 0.106. The Kier molecular flexibility index (Phi) is 8.45. The maximum atomic E-state index is 4.61. The van der Waals surface area contributed by atoms with Crippen LogP contribution in [-0.2, 0) is 0 Å². The van der Waals surface area contributed by atoms with Crippen molar-refractivity contribution in [1.29, 1.82) is 0 Å². The third kappa shape index (κ3) is 6.98. The van der Waals surface area contributed by atoms with E-state index in [4.69, 9.17) is 0 Å². The molecule has 2 aliphatic rings. The molecule has 33 heavy (non-hydrogen) atoms. The van der Waals surface area contributed by atoms with Gasteiger partial charge < -0.3 is 0 Å². The molecule has 2 unspecified atom stereocenters. The smallest absolute Gasteiger partial charge is 0.148 e. The molecule has 0 aromatic rings. The van der Waals surface area contributed by atoms with E-state index < -0.39 is 0 Å². The summed E-state index contributed by atoms with van der Waals surface area (Å²) in [6.45, 7) is 29.3. The van der Waals surface area contributed by atoms with Crippen LogP contribution in [0.1, 0.15) is 88.5 Å². The van der Waals surface area contributed by atoms with Crippen molar-refractivity contribution < 1.29 is 0 Å². The van der Waals surface area contributed by atoms with Crippen LogP contribution in [0.3, 0.4) is 0 Å². The van der Waals surface area contributed by atoms with Crippen LogP contribution >= 0.6 is 12.6 Å². The first kappa shape index (κ1) is 28.2. The van der Waals surface area contributed by atoms with Gasteiger partial charge in [-0.3, -0.25) is 0 Å². The molecular weight excluding hydrogens is 415 g/mol. The number of thiol groups is 1. The van der Waals surface area contributed by atoms with E-state index in [1.165, 1.54) is 16.0 Å². The predicted octanol–water partition coefficient (Wildman–Crippen LogP) is 9.76. The summed E-state index contributed by atoms with van der Waals surface area (Å²) in [6, 6.07) is 0.